The van der Waals surface area contributed by atoms with Crippen molar-refractivity contribution in [1.29, 1.82) is 0 Å². The lowest BCUT2D eigenvalue weighted by molar-refractivity contribution is 0.280. The number of hydrogen-bond acceptors (Lipinski definition) is 1. The van der Waals surface area contributed by atoms with Gasteiger partial charge >= 0.3 is 0 Å². The molecule has 1 heteroatoms. The van der Waals surface area contributed by atoms with E-state index < -0.39 is 0 Å². The van der Waals surface area contributed by atoms with Crippen LogP contribution in [-0.4, -0.2) is 5.11 Å². The fourth-order valence-corrected chi connectivity index (χ4v) is 2.67. The summed E-state index contributed by atoms with van der Waals surface area (Å²) in [6.07, 6.45) is 0. The van der Waals surface area contributed by atoms with E-state index in [1.165, 1.54) is 16.7 Å². The first-order valence-electron chi connectivity index (χ1n) is 6.66. The van der Waals surface area contributed by atoms with E-state index in [4.69, 9.17) is 0 Å². The third kappa shape index (κ3) is 2.90. The molecule has 0 saturated carbocycles. The molecule has 0 amide bonds. The highest BCUT2D eigenvalue weighted by molar-refractivity contribution is 5.45. The highest BCUT2D eigenvalue weighted by Crippen LogP contribution is 2.35. The van der Waals surface area contributed by atoms with E-state index >= 15 is 0 Å². The molecule has 0 saturated heterocycles. The van der Waals surface area contributed by atoms with Crippen LogP contribution in [-0.2, 0) is 6.61 Å². The van der Waals surface area contributed by atoms with Crippen LogP contribution < -0.4 is 0 Å². The van der Waals surface area contributed by atoms with Crippen molar-refractivity contribution in [3.8, 4) is 0 Å². The number of hydrogen-bond donors (Lipinski definition) is 1. The van der Waals surface area contributed by atoms with Gasteiger partial charge in [0.15, 0.2) is 0 Å². The maximum Gasteiger partial charge on any atom is 0.0684 e. The molecule has 0 radical (unpaired) electrons. The molecule has 0 aliphatic heterocycles. The van der Waals surface area contributed by atoms with Crippen molar-refractivity contribution in [3.05, 3.63) is 34.4 Å². The Morgan fingerprint density at radius 3 is 1.71 bits per heavy atom. The predicted octanol–water partition coefficient (Wildman–Crippen LogP) is 4.55. The van der Waals surface area contributed by atoms with E-state index in [2.05, 4.69) is 53.7 Å². The molecule has 1 nitrogen and oxygen atoms in total. The number of rotatable bonds is 4. The molecule has 0 fully saturated rings. The molecule has 0 aliphatic rings. The highest BCUT2D eigenvalue weighted by Gasteiger charge is 2.19. The smallest absolute Gasteiger partial charge is 0.0684 e. The maximum absolute atomic E-state index is 9.50. The van der Waals surface area contributed by atoms with E-state index in [-0.39, 0.29) is 6.61 Å². The second-order valence-corrected chi connectivity index (χ2v) is 5.76. The molecule has 1 aromatic carbocycles. The molecule has 0 unspecified atom stereocenters. The molecule has 0 aliphatic carbocycles. The Morgan fingerprint density at radius 2 is 1.35 bits per heavy atom. The fourth-order valence-electron chi connectivity index (χ4n) is 2.67. The normalized spacial score (nSPS) is 11.9. The monoisotopic (exact) mass is 234 g/mol. The minimum atomic E-state index is 0.144. The summed E-state index contributed by atoms with van der Waals surface area (Å²) in [7, 11) is 0. The van der Waals surface area contributed by atoms with Crippen LogP contribution in [0.2, 0.25) is 0 Å². The molecule has 0 bridgehead atoms. The van der Waals surface area contributed by atoms with Crippen LogP contribution in [0.3, 0.4) is 0 Å². The van der Waals surface area contributed by atoms with Gasteiger partial charge in [0.05, 0.1) is 6.61 Å². The van der Waals surface area contributed by atoms with Gasteiger partial charge in [-0.2, -0.15) is 0 Å². The van der Waals surface area contributed by atoms with Crippen LogP contribution in [0.1, 0.15) is 81.5 Å². The van der Waals surface area contributed by atoms with Crippen LogP contribution >= 0.6 is 0 Å². The number of aliphatic hydroxyl groups excluding tert-OH is 1. The van der Waals surface area contributed by atoms with Gasteiger partial charge in [-0.05, 0) is 40.0 Å². The Kier molecular flexibility index (Phi) is 4.76. The van der Waals surface area contributed by atoms with E-state index in [1.807, 2.05) is 0 Å². The van der Waals surface area contributed by atoms with Crippen LogP contribution in [0, 0.1) is 0 Å². The molecular formula is C16H26O. The molecule has 0 atom stereocenters. The van der Waals surface area contributed by atoms with Crippen LogP contribution in [0.25, 0.3) is 0 Å². The van der Waals surface area contributed by atoms with Crippen LogP contribution in [0.5, 0.6) is 0 Å². The summed E-state index contributed by atoms with van der Waals surface area (Å²) in [6.45, 7) is 13.5. The number of benzene rings is 1. The molecule has 1 rings (SSSR count). The Bertz CT molecular complexity index is 375. The highest BCUT2D eigenvalue weighted by atomic mass is 16.3. The van der Waals surface area contributed by atoms with E-state index in [1.54, 1.807) is 0 Å². The molecule has 0 aromatic heterocycles. The molecule has 0 heterocycles. The first-order valence-corrected chi connectivity index (χ1v) is 6.66. The summed E-state index contributed by atoms with van der Waals surface area (Å²) < 4.78 is 0. The van der Waals surface area contributed by atoms with Gasteiger partial charge in [-0.3, -0.25) is 0 Å². The van der Waals surface area contributed by atoms with Gasteiger partial charge < -0.3 is 5.11 Å². The van der Waals surface area contributed by atoms with Crippen molar-refractivity contribution in [2.75, 3.05) is 0 Å². The Labute approximate surface area is 106 Å². The molecule has 0 spiro atoms. The fraction of sp³-hybridized carbons (Fsp3) is 0.625. The van der Waals surface area contributed by atoms with Gasteiger partial charge in [0, 0.05) is 0 Å². The van der Waals surface area contributed by atoms with Crippen molar-refractivity contribution in [2.24, 2.45) is 0 Å². The SMILES string of the molecule is CC(C)c1ccc(CO)c(C(C)C)c1C(C)C. The molecule has 1 aromatic rings. The first-order chi connectivity index (χ1) is 7.90. The Balaban J connectivity index is 3.53. The average Bonchev–Trinajstić information content (AvgIpc) is 2.26. The summed E-state index contributed by atoms with van der Waals surface area (Å²) in [5, 5.41) is 9.50. The quantitative estimate of drug-likeness (QED) is 0.810. The van der Waals surface area contributed by atoms with Crippen molar-refractivity contribution >= 4 is 0 Å². The predicted molar refractivity (Wildman–Crippen MR) is 74.6 cm³/mol. The largest absolute Gasteiger partial charge is 0.392 e. The summed E-state index contributed by atoms with van der Waals surface area (Å²) in [6, 6.07) is 4.29. The zero-order chi connectivity index (χ0) is 13.2. The topological polar surface area (TPSA) is 20.2 Å². The van der Waals surface area contributed by atoms with Gasteiger partial charge in [-0.25, -0.2) is 0 Å². The van der Waals surface area contributed by atoms with Gasteiger partial charge in [0.1, 0.15) is 0 Å². The van der Waals surface area contributed by atoms with E-state index in [0.29, 0.717) is 17.8 Å². The van der Waals surface area contributed by atoms with Crippen molar-refractivity contribution in [1.82, 2.24) is 0 Å². The third-order valence-corrected chi connectivity index (χ3v) is 3.36. The zero-order valence-electron chi connectivity index (χ0n) is 12.0. The molecule has 17 heavy (non-hydrogen) atoms. The standard InChI is InChI=1S/C16H26O/c1-10(2)14-8-7-13(9-17)15(11(3)4)16(14)12(5)6/h7-8,10-12,17H,9H2,1-6H3. The average molecular weight is 234 g/mol. The zero-order valence-corrected chi connectivity index (χ0v) is 12.0. The van der Waals surface area contributed by atoms with E-state index in [9.17, 15) is 5.11 Å². The Morgan fingerprint density at radius 1 is 0.824 bits per heavy atom. The second-order valence-electron chi connectivity index (χ2n) is 5.76. The molecule has 1 N–H and O–H groups in total. The van der Waals surface area contributed by atoms with Crippen molar-refractivity contribution < 1.29 is 5.11 Å². The van der Waals surface area contributed by atoms with E-state index in [0.717, 1.165) is 5.56 Å². The first kappa shape index (κ1) is 14.2. The minimum Gasteiger partial charge on any atom is -0.392 e. The van der Waals surface area contributed by atoms with Crippen molar-refractivity contribution in [3.63, 3.8) is 0 Å². The lowest BCUT2D eigenvalue weighted by atomic mass is 9.81. The Hall–Kier alpha value is -0.820. The second kappa shape index (κ2) is 5.68. The maximum atomic E-state index is 9.50. The molecule has 96 valence electrons. The lowest BCUT2D eigenvalue weighted by Gasteiger charge is -2.25. The number of aliphatic hydroxyl groups is 1. The van der Waals surface area contributed by atoms with Gasteiger partial charge in [0.25, 0.3) is 0 Å². The summed E-state index contributed by atoms with van der Waals surface area (Å²) in [4.78, 5) is 0. The summed E-state index contributed by atoms with van der Waals surface area (Å²) in [5.74, 6) is 1.52. The van der Waals surface area contributed by atoms with Gasteiger partial charge in [-0.1, -0.05) is 53.7 Å². The molecular weight excluding hydrogens is 208 g/mol. The summed E-state index contributed by atoms with van der Waals surface area (Å²) >= 11 is 0. The third-order valence-electron chi connectivity index (χ3n) is 3.36. The lowest BCUT2D eigenvalue weighted by Crippen LogP contribution is -2.09. The minimum absolute atomic E-state index is 0.144. The van der Waals surface area contributed by atoms with Gasteiger partial charge in [0.2, 0.25) is 0 Å². The van der Waals surface area contributed by atoms with Crippen LogP contribution in [0.15, 0.2) is 12.1 Å². The summed E-state index contributed by atoms with van der Waals surface area (Å²) in [5.41, 5.74) is 5.32. The van der Waals surface area contributed by atoms with Gasteiger partial charge in [-0.15, -0.1) is 0 Å². The van der Waals surface area contributed by atoms with Crippen molar-refractivity contribution in [2.45, 2.75) is 65.9 Å². The van der Waals surface area contributed by atoms with Crippen LogP contribution in [0.4, 0.5) is 0 Å².